The second-order valence-corrected chi connectivity index (χ2v) is 10.5. The first-order valence-electron chi connectivity index (χ1n) is 11.1. The molecule has 4 rings (SSSR count). The molecule has 0 amide bonds. The maximum atomic E-state index is 12.7. The van der Waals surface area contributed by atoms with Crippen LogP contribution in [0.1, 0.15) is 33.6 Å². The van der Waals surface area contributed by atoms with E-state index in [0.29, 0.717) is 63.6 Å². The Bertz CT molecular complexity index is 1260. The van der Waals surface area contributed by atoms with Gasteiger partial charge in [0.1, 0.15) is 23.7 Å². The lowest BCUT2D eigenvalue weighted by Gasteiger charge is -2.35. The van der Waals surface area contributed by atoms with Crippen molar-refractivity contribution < 1.29 is 23.4 Å². The molecule has 1 aliphatic rings. The summed E-state index contributed by atoms with van der Waals surface area (Å²) in [6.07, 6.45) is 1.34. The van der Waals surface area contributed by atoms with Crippen molar-refractivity contribution in [2.45, 2.75) is 45.3 Å². The van der Waals surface area contributed by atoms with E-state index in [0.717, 1.165) is 0 Å². The van der Waals surface area contributed by atoms with Gasteiger partial charge in [-0.2, -0.15) is 0 Å². The molecule has 2 aromatic carbocycles. The molecule has 1 fully saturated rings. The first kappa shape index (κ1) is 24.8. The van der Waals surface area contributed by atoms with Crippen LogP contribution in [0.5, 0.6) is 5.75 Å². The van der Waals surface area contributed by atoms with Gasteiger partial charge in [-0.1, -0.05) is 23.7 Å². The summed E-state index contributed by atoms with van der Waals surface area (Å²) in [5.74, 6) is 0.670. The van der Waals surface area contributed by atoms with E-state index in [2.05, 4.69) is 15.9 Å². The number of benzene rings is 2. The highest BCUT2D eigenvalue weighted by Crippen LogP contribution is 2.35. The van der Waals surface area contributed by atoms with E-state index in [9.17, 15) is 9.59 Å². The van der Waals surface area contributed by atoms with E-state index < -0.39 is 5.60 Å². The normalized spacial score (nSPS) is 17.9. The van der Waals surface area contributed by atoms with Gasteiger partial charge in [-0.25, -0.2) is 0 Å². The van der Waals surface area contributed by atoms with Crippen molar-refractivity contribution in [2.75, 3.05) is 13.2 Å². The molecule has 0 bridgehead atoms. The number of carbonyl (C=O) groups is 1. The molecule has 6 nitrogen and oxygen atoms in total. The summed E-state index contributed by atoms with van der Waals surface area (Å²) in [4.78, 5) is 24.8. The number of carbonyl (C=O) groups excluding carboxylic acids is 1. The summed E-state index contributed by atoms with van der Waals surface area (Å²) in [7, 11) is 0. The monoisotopic (exact) mass is 548 g/mol. The van der Waals surface area contributed by atoms with Crippen LogP contribution >= 0.6 is 27.5 Å². The quantitative estimate of drug-likeness (QED) is 0.251. The Hall–Kier alpha value is -2.35. The fourth-order valence-electron chi connectivity index (χ4n) is 3.77. The Morgan fingerprint density at radius 1 is 1.15 bits per heavy atom. The third kappa shape index (κ3) is 5.65. The Morgan fingerprint density at radius 2 is 1.88 bits per heavy atom. The highest BCUT2D eigenvalue weighted by atomic mass is 79.9. The van der Waals surface area contributed by atoms with Crippen LogP contribution in [-0.4, -0.2) is 30.9 Å². The van der Waals surface area contributed by atoms with Gasteiger partial charge >= 0.3 is 5.97 Å². The summed E-state index contributed by atoms with van der Waals surface area (Å²) in [6.45, 7) is 6.28. The van der Waals surface area contributed by atoms with Crippen molar-refractivity contribution in [3.8, 4) is 17.1 Å². The molecule has 1 aromatic heterocycles. The summed E-state index contributed by atoms with van der Waals surface area (Å²) < 4.78 is 23.8. The summed E-state index contributed by atoms with van der Waals surface area (Å²) in [5.41, 5.74) is 0.289. The van der Waals surface area contributed by atoms with E-state index in [1.807, 2.05) is 45.0 Å². The largest absolute Gasteiger partial charge is 0.490 e. The summed E-state index contributed by atoms with van der Waals surface area (Å²) >= 11 is 9.67. The highest BCUT2D eigenvalue weighted by Gasteiger charge is 2.37. The smallest absolute Gasteiger partial charge is 0.309 e. The molecule has 0 unspecified atom stereocenters. The standard InChI is InChI=1S/C26H26BrClO6/c1-26(2,3)34-25(30)15-12-16(13-15)31-10-11-32-21-7-5-4-6-17(21)22-14-20(29)23-18(27)8-9-19(28)24(23)33-22/h4-9,14-16H,10-13H2,1-3H3/t15-,16+. The second-order valence-electron chi connectivity index (χ2n) is 9.25. The summed E-state index contributed by atoms with van der Waals surface area (Å²) in [5, 5.41) is 0.752. The van der Waals surface area contributed by atoms with Crippen LogP contribution < -0.4 is 10.2 Å². The average Bonchev–Trinajstić information content (AvgIpc) is 2.73. The van der Waals surface area contributed by atoms with Gasteiger partial charge in [0.15, 0.2) is 11.0 Å². The average molecular weight is 550 g/mol. The SMILES string of the molecule is CC(C)(C)OC(=O)[C@H]1C[C@@H](OCCOc2ccccc2-c2cc(=O)c3c(Br)ccc(Cl)c3o2)C1. The van der Waals surface area contributed by atoms with Gasteiger partial charge in [0, 0.05) is 10.5 Å². The molecule has 1 aliphatic carbocycles. The van der Waals surface area contributed by atoms with Gasteiger partial charge in [0.2, 0.25) is 0 Å². The van der Waals surface area contributed by atoms with Crippen molar-refractivity contribution in [3.63, 3.8) is 0 Å². The molecule has 8 heteroatoms. The first-order chi connectivity index (χ1) is 16.1. The number of esters is 1. The van der Waals surface area contributed by atoms with Crippen LogP contribution in [0.25, 0.3) is 22.3 Å². The molecule has 180 valence electrons. The first-order valence-corrected chi connectivity index (χ1v) is 12.3. The van der Waals surface area contributed by atoms with Gasteiger partial charge in [0.25, 0.3) is 0 Å². The zero-order valence-electron chi connectivity index (χ0n) is 19.2. The van der Waals surface area contributed by atoms with Crippen LogP contribution in [0.4, 0.5) is 0 Å². The van der Waals surface area contributed by atoms with Crippen molar-refractivity contribution in [2.24, 2.45) is 5.92 Å². The Labute approximate surface area is 211 Å². The fourth-order valence-corrected chi connectivity index (χ4v) is 4.47. The molecule has 0 spiro atoms. The Balaban J connectivity index is 1.37. The molecule has 0 radical (unpaired) electrons. The molecule has 0 aliphatic heterocycles. The molecule has 34 heavy (non-hydrogen) atoms. The van der Waals surface area contributed by atoms with Crippen LogP contribution in [0, 0.1) is 5.92 Å². The lowest BCUT2D eigenvalue weighted by atomic mass is 9.82. The van der Waals surface area contributed by atoms with E-state index in [-0.39, 0.29) is 23.4 Å². The zero-order chi connectivity index (χ0) is 24.5. The van der Waals surface area contributed by atoms with Gasteiger partial charge in [-0.05, 0) is 73.8 Å². The molecule has 1 heterocycles. The molecular formula is C26H26BrClO6. The zero-order valence-corrected chi connectivity index (χ0v) is 21.6. The molecular weight excluding hydrogens is 524 g/mol. The van der Waals surface area contributed by atoms with Gasteiger partial charge in [-0.3, -0.25) is 9.59 Å². The van der Waals surface area contributed by atoms with Crippen molar-refractivity contribution in [1.29, 1.82) is 0 Å². The van der Waals surface area contributed by atoms with Gasteiger partial charge in [-0.15, -0.1) is 0 Å². The lowest BCUT2D eigenvalue weighted by Crippen LogP contribution is -2.40. The van der Waals surface area contributed by atoms with E-state index in [4.69, 9.17) is 30.2 Å². The number of halogens is 2. The van der Waals surface area contributed by atoms with E-state index in [1.54, 1.807) is 12.1 Å². The predicted octanol–water partition coefficient (Wildman–Crippen LogP) is 6.39. The Morgan fingerprint density at radius 3 is 2.62 bits per heavy atom. The second kappa shape index (κ2) is 10.1. The molecule has 0 atom stereocenters. The molecule has 0 saturated heterocycles. The molecule has 0 N–H and O–H groups in total. The van der Waals surface area contributed by atoms with Crippen LogP contribution in [0.15, 0.2) is 56.1 Å². The third-order valence-electron chi connectivity index (χ3n) is 5.46. The topological polar surface area (TPSA) is 75.0 Å². The fraction of sp³-hybridized carbons (Fsp3) is 0.385. The van der Waals surface area contributed by atoms with Gasteiger partial charge in [0.05, 0.1) is 34.6 Å². The van der Waals surface area contributed by atoms with Crippen molar-refractivity contribution >= 4 is 44.5 Å². The highest BCUT2D eigenvalue weighted by molar-refractivity contribution is 9.10. The molecule has 1 saturated carbocycles. The Kier molecular flexibility index (Phi) is 7.36. The van der Waals surface area contributed by atoms with Crippen molar-refractivity contribution in [1.82, 2.24) is 0 Å². The van der Waals surface area contributed by atoms with E-state index >= 15 is 0 Å². The van der Waals surface area contributed by atoms with Gasteiger partial charge < -0.3 is 18.6 Å². The van der Waals surface area contributed by atoms with E-state index in [1.165, 1.54) is 6.07 Å². The number of rotatable bonds is 7. The minimum atomic E-state index is -0.476. The minimum Gasteiger partial charge on any atom is -0.490 e. The van der Waals surface area contributed by atoms with Crippen LogP contribution in [0.2, 0.25) is 5.02 Å². The number of hydrogen-bond donors (Lipinski definition) is 0. The van der Waals surface area contributed by atoms with Crippen LogP contribution in [-0.2, 0) is 14.3 Å². The maximum absolute atomic E-state index is 12.7. The number of hydrogen-bond acceptors (Lipinski definition) is 6. The molecule has 3 aromatic rings. The lowest BCUT2D eigenvalue weighted by molar-refractivity contribution is -0.169. The van der Waals surface area contributed by atoms with Crippen LogP contribution in [0.3, 0.4) is 0 Å². The number of ether oxygens (including phenoxy) is 3. The minimum absolute atomic E-state index is 0.0236. The predicted molar refractivity (Wildman–Crippen MR) is 134 cm³/mol. The summed E-state index contributed by atoms with van der Waals surface area (Å²) in [6, 6.07) is 12.2. The third-order valence-corrected chi connectivity index (χ3v) is 6.42. The number of fused-ring (bicyclic) bond motifs is 1. The number of para-hydroxylation sites is 1. The van der Waals surface area contributed by atoms with Crippen molar-refractivity contribution in [3.05, 3.63) is 62.2 Å². The maximum Gasteiger partial charge on any atom is 0.309 e.